The highest BCUT2D eigenvalue weighted by Gasteiger charge is 2.45. The maximum absolute atomic E-state index is 9.64. The summed E-state index contributed by atoms with van der Waals surface area (Å²) in [6.45, 7) is 5.55. The summed E-state index contributed by atoms with van der Waals surface area (Å²) in [6.07, 6.45) is 1.21. The summed E-state index contributed by atoms with van der Waals surface area (Å²) in [6, 6.07) is 0. The van der Waals surface area contributed by atoms with Gasteiger partial charge in [0.05, 0.1) is 11.2 Å². The Bertz CT molecular complexity index is 138. The van der Waals surface area contributed by atoms with E-state index in [0.717, 1.165) is 0 Å². The SMILES string of the molecule is C[C@H]1C[C@](C)(O)C[C@]1(C)O. The Morgan fingerprint density at radius 2 is 1.80 bits per heavy atom. The lowest BCUT2D eigenvalue weighted by molar-refractivity contribution is 0.00113. The first-order valence-corrected chi connectivity index (χ1v) is 3.78. The summed E-state index contributed by atoms with van der Waals surface area (Å²) < 4.78 is 0. The largest absolute Gasteiger partial charge is 0.390 e. The van der Waals surface area contributed by atoms with Crippen molar-refractivity contribution in [2.75, 3.05) is 0 Å². The molecule has 1 saturated carbocycles. The van der Waals surface area contributed by atoms with Crippen LogP contribution in [0.15, 0.2) is 0 Å². The predicted octanol–water partition coefficient (Wildman–Crippen LogP) is 0.918. The van der Waals surface area contributed by atoms with Crippen LogP contribution < -0.4 is 0 Å². The highest BCUT2D eigenvalue weighted by Crippen LogP contribution is 2.41. The molecule has 0 unspecified atom stereocenters. The Hall–Kier alpha value is -0.0800. The topological polar surface area (TPSA) is 40.5 Å². The summed E-state index contributed by atoms with van der Waals surface area (Å²) >= 11 is 0. The Morgan fingerprint density at radius 1 is 1.30 bits per heavy atom. The zero-order chi connectivity index (χ0) is 7.99. The fourth-order valence-electron chi connectivity index (χ4n) is 1.90. The van der Waals surface area contributed by atoms with E-state index in [-0.39, 0.29) is 5.92 Å². The van der Waals surface area contributed by atoms with Crippen molar-refractivity contribution in [1.29, 1.82) is 0 Å². The molecule has 0 aromatic carbocycles. The van der Waals surface area contributed by atoms with E-state index in [9.17, 15) is 10.2 Å². The summed E-state index contributed by atoms with van der Waals surface area (Å²) in [5.74, 6) is 0.211. The van der Waals surface area contributed by atoms with Crippen molar-refractivity contribution in [3.05, 3.63) is 0 Å². The predicted molar refractivity (Wildman–Crippen MR) is 39.6 cm³/mol. The lowest BCUT2D eigenvalue weighted by Crippen LogP contribution is -2.28. The molecule has 3 atom stereocenters. The Balaban J connectivity index is 2.71. The average Bonchev–Trinajstić information content (AvgIpc) is 1.73. The van der Waals surface area contributed by atoms with Crippen molar-refractivity contribution in [3.63, 3.8) is 0 Å². The van der Waals surface area contributed by atoms with Gasteiger partial charge in [0.25, 0.3) is 0 Å². The van der Waals surface area contributed by atoms with E-state index in [4.69, 9.17) is 0 Å². The van der Waals surface area contributed by atoms with Gasteiger partial charge in [0.1, 0.15) is 0 Å². The van der Waals surface area contributed by atoms with E-state index in [1.165, 1.54) is 0 Å². The van der Waals surface area contributed by atoms with Gasteiger partial charge in [-0.25, -0.2) is 0 Å². The molecule has 1 fully saturated rings. The Morgan fingerprint density at radius 3 is 1.90 bits per heavy atom. The van der Waals surface area contributed by atoms with Crippen LogP contribution in [-0.4, -0.2) is 21.4 Å². The average molecular weight is 144 g/mol. The zero-order valence-corrected chi connectivity index (χ0v) is 6.89. The molecule has 2 nitrogen and oxygen atoms in total. The van der Waals surface area contributed by atoms with Gasteiger partial charge in [-0.2, -0.15) is 0 Å². The van der Waals surface area contributed by atoms with E-state index in [1.807, 2.05) is 6.92 Å². The second-order valence-electron chi connectivity index (χ2n) is 4.14. The molecule has 1 aliphatic carbocycles. The Kier molecular flexibility index (Phi) is 1.57. The maximum Gasteiger partial charge on any atom is 0.0673 e. The lowest BCUT2D eigenvalue weighted by Gasteiger charge is -2.21. The zero-order valence-electron chi connectivity index (χ0n) is 6.89. The second-order valence-corrected chi connectivity index (χ2v) is 4.14. The van der Waals surface area contributed by atoms with Crippen LogP contribution in [-0.2, 0) is 0 Å². The third-order valence-corrected chi connectivity index (χ3v) is 2.55. The summed E-state index contributed by atoms with van der Waals surface area (Å²) in [5, 5.41) is 19.2. The molecule has 0 bridgehead atoms. The van der Waals surface area contributed by atoms with Crippen LogP contribution in [0.2, 0.25) is 0 Å². The molecule has 0 radical (unpaired) electrons. The molecule has 2 heteroatoms. The van der Waals surface area contributed by atoms with Crippen LogP contribution in [0, 0.1) is 5.92 Å². The van der Waals surface area contributed by atoms with Crippen molar-refractivity contribution in [2.24, 2.45) is 5.92 Å². The molecule has 1 aliphatic rings. The molecular weight excluding hydrogens is 128 g/mol. The molecular formula is C8H16O2. The molecule has 2 N–H and O–H groups in total. The third-order valence-electron chi connectivity index (χ3n) is 2.55. The van der Waals surface area contributed by atoms with Crippen LogP contribution in [0.25, 0.3) is 0 Å². The minimum Gasteiger partial charge on any atom is -0.390 e. The van der Waals surface area contributed by atoms with Gasteiger partial charge in [-0.1, -0.05) is 6.92 Å². The molecule has 0 amide bonds. The molecule has 0 spiro atoms. The molecule has 0 aliphatic heterocycles. The number of hydrogen-bond acceptors (Lipinski definition) is 2. The van der Waals surface area contributed by atoms with Gasteiger partial charge in [-0.15, -0.1) is 0 Å². The van der Waals surface area contributed by atoms with Crippen LogP contribution in [0.3, 0.4) is 0 Å². The van der Waals surface area contributed by atoms with E-state index in [1.54, 1.807) is 13.8 Å². The van der Waals surface area contributed by atoms with E-state index >= 15 is 0 Å². The van der Waals surface area contributed by atoms with Crippen molar-refractivity contribution in [3.8, 4) is 0 Å². The highest BCUT2D eigenvalue weighted by molar-refractivity contribution is 4.97. The monoisotopic (exact) mass is 144 g/mol. The number of hydrogen-bond donors (Lipinski definition) is 2. The fraction of sp³-hybridized carbons (Fsp3) is 1.00. The first kappa shape index (κ1) is 8.02. The number of rotatable bonds is 0. The van der Waals surface area contributed by atoms with Gasteiger partial charge in [-0.05, 0) is 26.2 Å². The first-order valence-electron chi connectivity index (χ1n) is 3.78. The molecule has 1 rings (SSSR count). The fourth-order valence-corrected chi connectivity index (χ4v) is 1.90. The number of aliphatic hydroxyl groups is 2. The van der Waals surface area contributed by atoms with Crippen LogP contribution in [0.1, 0.15) is 33.6 Å². The van der Waals surface area contributed by atoms with Crippen LogP contribution in [0.5, 0.6) is 0 Å². The normalized spacial score (nSPS) is 55.5. The van der Waals surface area contributed by atoms with Crippen LogP contribution in [0.4, 0.5) is 0 Å². The summed E-state index contributed by atoms with van der Waals surface area (Å²) in [5.41, 5.74) is -1.31. The maximum atomic E-state index is 9.64. The third kappa shape index (κ3) is 1.32. The molecule has 0 saturated heterocycles. The smallest absolute Gasteiger partial charge is 0.0673 e. The summed E-state index contributed by atoms with van der Waals surface area (Å²) in [4.78, 5) is 0. The molecule has 10 heavy (non-hydrogen) atoms. The van der Waals surface area contributed by atoms with Gasteiger partial charge in [0, 0.05) is 6.42 Å². The van der Waals surface area contributed by atoms with Crippen molar-refractivity contribution in [2.45, 2.75) is 44.8 Å². The molecule has 0 aromatic heterocycles. The van der Waals surface area contributed by atoms with Gasteiger partial charge in [0.2, 0.25) is 0 Å². The van der Waals surface area contributed by atoms with Crippen molar-refractivity contribution < 1.29 is 10.2 Å². The lowest BCUT2D eigenvalue weighted by atomic mass is 9.95. The minimum absolute atomic E-state index is 0.211. The van der Waals surface area contributed by atoms with Gasteiger partial charge >= 0.3 is 0 Å². The molecule has 60 valence electrons. The van der Waals surface area contributed by atoms with Gasteiger partial charge < -0.3 is 10.2 Å². The van der Waals surface area contributed by atoms with Gasteiger partial charge in [0.15, 0.2) is 0 Å². The van der Waals surface area contributed by atoms with Crippen molar-refractivity contribution >= 4 is 0 Å². The standard InChI is InChI=1S/C8H16O2/c1-6-4-7(2,9)5-8(6,3)10/h6,9-10H,4-5H2,1-3H3/t6-,7-,8-/m0/s1. The Labute approximate surface area is 61.9 Å². The summed E-state index contributed by atoms with van der Waals surface area (Å²) in [7, 11) is 0. The molecule has 0 aromatic rings. The first-order chi connectivity index (χ1) is 4.33. The highest BCUT2D eigenvalue weighted by atomic mass is 16.3. The minimum atomic E-state index is -0.663. The van der Waals surface area contributed by atoms with E-state index in [2.05, 4.69) is 0 Å². The van der Waals surface area contributed by atoms with E-state index < -0.39 is 11.2 Å². The van der Waals surface area contributed by atoms with Gasteiger partial charge in [-0.3, -0.25) is 0 Å². The quantitative estimate of drug-likeness (QED) is 0.530. The van der Waals surface area contributed by atoms with Crippen molar-refractivity contribution in [1.82, 2.24) is 0 Å². The molecule has 0 heterocycles. The van der Waals surface area contributed by atoms with Crippen LogP contribution >= 0.6 is 0 Å². The van der Waals surface area contributed by atoms with E-state index in [0.29, 0.717) is 12.8 Å². The second kappa shape index (κ2) is 1.95.